The number of fused-ring (bicyclic) bond motifs is 1. The van der Waals surface area contributed by atoms with E-state index in [1.165, 1.54) is 16.0 Å². The summed E-state index contributed by atoms with van der Waals surface area (Å²) in [5.41, 5.74) is 2.48. The predicted molar refractivity (Wildman–Crippen MR) is 85.7 cm³/mol. The molecule has 2 aliphatic rings. The fourth-order valence-electron chi connectivity index (χ4n) is 2.83. The number of rotatable bonds is 3. The molecule has 1 saturated heterocycles. The van der Waals surface area contributed by atoms with Crippen LogP contribution >= 0.6 is 23.1 Å². The zero-order valence-corrected chi connectivity index (χ0v) is 13.1. The van der Waals surface area contributed by atoms with Gasteiger partial charge in [0.05, 0.1) is 18.9 Å². The minimum atomic E-state index is 0.130. The minimum absolute atomic E-state index is 0.130. The summed E-state index contributed by atoms with van der Waals surface area (Å²) in [5, 5.41) is 2.19. The first-order chi connectivity index (χ1) is 10.3. The molecule has 3 heterocycles. The number of nitrogens with zero attached hydrogens (tertiary/aromatic N) is 1. The van der Waals surface area contributed by atoms with Crippen LogP contribution in [-0.2, 0) is 17.8 Å². The van der Waals surface area contributed by atoms with Crippen molar-refractivity contribution in [2.45, 2.75) is 18.3 Å². The number of thiophene rings is 1. The third-order valence-electron chi connectivity index (χ3n) is 3.87. The van der Waals surface area contributed by atoms with Crippen molar-refractivity contribution < 1.29 is 9.53 Å². The van der Waals surface area contributed by atoms with Gasteiger partial charge in [-0.15, -0.1) is 23.1 Å². The van der Waals surface area contributed by atoms with Gasteiger partial charge in [0.1, 0.15) is 11.1 Å². The van der Waals surface area contributed by atoms with Crippen LogP contribution < -0.4 is 4.74 Å². The van der Waals surface area contributed by atoms with E-state index >= 15 is 0 Å². The lowest BCUT2D eigenvalue weighted by atomic mass is 10.1. The van der Waals surface area contributed by atoms with Gasteiger partial charge in [0, 0.05) is 11.3 Å². The molecule has 5 heteroatoms. The summed E-state index contributed by atoms with van der Waals surface area (Å²) in [6.07, 6.45) is 0.972. The minimum Gasteiger partial charge on any atom is -0.493 e. The highest BCUT2D eigenvalue weighted by molar-refractivity contribution is 8.00. The molecule has 2 aromatic rings. The van der Waals surface area contributed by atoms with Crippen molar-refractivity contribution in [1.29, 1.82) is 0 Å². The molecular weight excluding hydrogens is 302 g/mol. The van der Waals surface area contributed by atoms with Gasteiger partial charge in [-0.1, -0.05) is 12.1 Å². The Morgan fingerprint density at radius 3 is 3.14 bits per heavy atom. The summed E-state index contributed by atoms with van der Waals surface area (Å²) < 4.78 is 5.56. The van der Waals surface area contributed by atoms with Gasteiger partial charge in [-0.2, -0.15) is 0 Å². The third-order valence-corrected chi connectivity index (χ3v) is 5.99. The van der Waals surface area contributed by atoms with Gasteiger partial charge in [0.25, 0.3) is 0 Å². The highest BCUT2D eigenvalue weighted by Crippen LogP contribution is 2.41. The van der Waals surface area contributed by atoms with E-state index in [-0.39, 0.29) is 11.3 Å². The maximum absolute atomic E-state index is 12.2. The number of ether oxygens (including phenoxy) is 1. The van der Waals surface area contributed by atoms with Crippen LogP contribution in [0.1, 0.15) is 21.4 Å². The number of carbonyl (C=O) groups is 1. The second-order valence-electron chi connectivity index (χ2n) is 5.23. The molecule has 0 spiro atoms. The Hall–Kier alpha value is -1.46. The first-order valence-corrected chi connectivity index (χ1v) is 8.93. The number of benzene rings is 1. The summed E-state index contributed by atoms with van der Waals surface area (Å²) in [7, 11) is 0. The average Bonchev–Trinajstić information content (AvgIpc) is 3.21. The molecule has 1 unspecified atom stereocenters. The summed E-state index contributed by atoms with van der Waals surface area (Å²) in [5.74, 6) is 1.80. The molecule has 4 rings (SSSR count). The lowest BCUT2D eigenvalue weighted by molar-refractivity contribution is -0.128. The van der Waals surface area contributed by atoms with Crippen molar-refractivity contribution in [3.63, 3.8) is 0 Å². The molecule has 0 aliphatic carbocycles. The van der Waals surface area contributed by atoms with E-state index in [0.717, 1.165) is 18.8 Å². The molecule has 108 valence electrons. The van der Waals surface area contributed by atoms with Crippen LogP contribution in [0.4, 0.5) is 0 Å². The zero-order chi connectivity index (χ0) is 14.2. The number of hydrogen-bond acceptors (Lipinski definition) is 4. The molecule has 1 aromatic carbocycles. The standard InChI is InChI=1S/C16H15NO2S2/c18-15-10-21-16(17(15)9-13-2-1-7-20-13)12-3-4-14-11(8-12)5-6-19-14/h1-4,7-8,16H,5-6,9-10H2. The van der Waals surface area contributed by atoms with Gasteiger partial charge in [0.2, 0.25) is 5.91 Å². The largest absolute Gasteiger partial charge is 0.493 e. The topological polar surface area (TPSA) is 29.5 Å². The monoisotopic (exact) mass is 317 g/mol. The summed E-state index contributed by atoms with van der Waals surface area (Å²) in [6, 6.07) is 10.5. The Labute approximate surface area is 131 Å². The van der Waals surface area contributed by atoms with Crippen LogP contribution in [-0.4, -0.2) is 23.2 Å². The van der Waals surface area contributed by atoms with Crippen LogP contribution in [0.15, 0.2) is 35.7 Å². The summed E-state index contributed by atoms with van der Waals surface area (Å²) >= 11 is 3.43. The van der Waals surface area contributed by atoms with Crippen molar-refractivity contribution in [3.05, 3.63) is 51.7 Å². The van der Waals surface area contributed by atoms with E-state index in [9.17, 15) is 4.79 Å². The predicted octanol–water partition coefficient (Wildman–Crippen LogP) is 3.46. The normalized spacial score (nSPS) is 20.7. The molecule has 0 saturated carbocycles. The SMILES string of the molecule is O=C1CSC(c2ccc3c(c2)CCO3)N1Cc1cccs1. The van der Waals surface area contributed by atoms with Gasteiger partial charge in [0.15, 0.2) is 0 Å². The van der Waals surface area contributed by atoms with Gasteiger partial charge in [-0.3, -0.25) is 4.79 Å². The highest BCUT2D eigenvalue weighted by atomic mass is 32.2. The Bertz CT molecular complexity index is 669. The molecular formula is C16H15NO2S2. The van der Waals surface area contributed by atoms with Crippen LogP contribution in [0.3, 0.4) is 0 Å². The van der Waals surface area contributed by atoms with Crippen LogP contribution in [0.25, 0.3) is 0 Å². The molecule has 1 amide bonds. The molecule has 1 fully saturated rings. The Kier molecular flexibility index (Phi) is 3.39. The Morgan fingerprint density at radius 1 is 1.33 bits per heavy atom. The number of amides is 1. The van der Waals surface area contributed by atoms with Gasteiger partial charge in [-0.05, 0) is 34.7 Å². The van der Waals surface area contributed by atoms with Gasteiger partial charge in [-0.25, -0.2) is 0 Å². The van der Waals surface area contributed by atoms with Gasteiger partial charge >= 0.3 is 0 Å². The van der Waals surface area contributed by atoms with E-state index in [1.54, 1.807) is 23.1 Å². The van der Waals surface area contributed by atoms with Crippen LogP contribution in [0.2, 0.25) is 0 Å². The molecule has 2 aliphatic heterocycles. The second-order valence-corrected chi connectivity index (χ2v) is 7.33. The number of hydrogen-bond donors (Lipinski definition) is 0. The van der Waals surface area contributed by atoms with E-state index in [0.29, 0.717) is 12.3 Å². The maximum atomic E-state index is 12.2. The first-order valence-electron chi connectivity index (χ1n) is 7.00. The zero-order valence-electron chi connectivity index (χ0n) is 11.5. The Balaban J connectivity index is 1.62. The fourth-order valence-corrected chi connectivity index (χ4v) is 4.71. The van der Waals surface area contributed by atoms with Crippen molar-refractivity contribution in [2.24, 2.45) is 0 Å². The van der Waals surface area contributed by atoms with E-state index in [2.05, 4.69) is 23.6 Å². The third kappa shape index (κ3) is 2.45. The molecule has 0 bridgehead atoms. The summed E-state index contributed by atoms with van der Waals surface area (Å²) in [4.78, 5) is 15.4. The van der Waals surface area contributed by atoms with E-state index < -0.39 is 0 Å². The number of carbonyl (C=O) groups excluding carboxylic acids is 1. The molecule has 0 radical (unpaired) electrons. The molecule has 0 N–H and O–H groups in total. The fraction of sp³-hybridized carbons (Fsp3) is 0.312. The maximum Gasteiger partial charge on any atom is 0.234 e. The van der Waals surface area contributed by atoms with Gasteiger partial charge < -0.3 is 9.64 Å². The average molecular weight is 317 g/mol. The van der Waals surface area contributed by atoms with Crippen molar-refractivity contribution in [3.8, 4) is 5.75 Å². The molecule has 21 heavy (non-hydrogen) atoms. The molecule has 3 nitrogen and oxygen atoms in total. The quantitative estimate of drug-likeness (QED) is 0.868. The smallest absolute Gasteiger partial charge is 0.234 e. The Morgan fingerprint density at radius 2 is 2.29 bits per heavy atom. The lowest BCUT2D eigenvalue weighted by Crippen LogP contribution is -2.27. The molecule has 1 atom stereocenters. The lowest BCUT2D eigenvalue weighted by Gasteiger charge is -2.24. The van der Waals surface area contributed by atoms with Crippen LogP contribution in [0.5, 0.6) is 5.75 Å². The highest BCUT2D eigenvalue weighted by Gasteiger charge is 2.33. The van der Waals surface area contributed by atoms with E-state index in [1.807, 2.05) is 17.0 Å². The first kappa shape index (κ1) is 13.2. The summed E-state index contributed by atoms with van der Waals surface area (Å²) in [6.45, 7) is 1.48. The van der Waals surface area contributed by atoms with Crippen molar-refractivity contribution in [1.82, 2.24) is 4.90 Å². The van der Waals surface area contributed by atoms with E-state index in [4.69, 9.17) is 4.74 Å². The van der Waals surface area contributed by atoms with Crippen molar-refractivity contribution >= 4 is 29.0 Å². The second kappa shape index (κ2) is 5.39. The van der Waals surface area contributed by atoms with Crippen LogP contribution in [0, 0.1) is 0 Å². The van der Waals surface area contributed by atoms with Crippen molar-refractivity contribution in [2.75, 3.05) is 12.4 Å². The molecule has 1 aromatic heterocycles. The number of thioether (sulfide) groups is 1.